The third-order valence-electron chi connectivity index (χ3n) is 2.93. The van der Waals surface area contributed by atoms with Crippen LogP contribution in [0.1, 0.15) is 38.1 Å². The van der Waals surface area contributed by atoms with Crippen molar-refractivity contribution in [2.45, 2.75) is 33.6 Å². The van der Waals surface area contributed by atoms with E-state index >= 15 is 0 Å². The number of nitrogens with zero attached hydrogens (tertiary/aromatic N) is 3. The standard InChI is InChI=1S/C14H25N5O/c1-7-15-13-10(4)14(16-8-11(20)19(5)6)18-12(17-13)9(2)3/h9H,7-8H2,1-6H3,(H2,15,16,17,18). The Bertz CT molecular complexity index is 471. The van der Waals surface area contributed by atoms with Crippen LogP contribution in [0.15, 0.2) is 0 Å². The van der Waals surface area contributed by atoms with Gasteiger partial charge in [0.1, 0.15) is 17.5 Å². The first-order chi connectivity index (χ1) is 9.36. The van der Waals surface area contributed by atoms with E-state index in [1.165, 1.54) is 0 Å². The van der Waals surface area contributed by atoms with Crippen molar-refractivity contribution in [3.63, 3.8) is 0 Å². The molecule has 0 saturated carbocycles. The summed E-state index contributed by atoms with van der Waals surface area (Å²) in [5.41, 5.74) is 0.933. The average molecular weight is 279 g/mol. The van der Waals surface area contributed by atoms with Gasteiger partial charge in [-0.3, -0.25) is 4.79 Å². The van der Waals surface area contributed by atoms with Crippen LogP contribution in [-0.2, 0) is 4.79 Å². The second-order valence-electron chi connectivity index (χ2n) is 5.23. The van der Waals surface area contributed by atoms with Gasteiger partial charge in [-0.25, -0.2) is 9.97 Å². The van der Waals surface area contributed by atoms with E-state index in [0.717, 1.165) is 29.6 Å². The quantitative estimate of drug-likeness (QED) is 0.831. The molecule has 0 bridgehead atoms. The summed E-state index contributed by atoms with van der Waals surface area (Å²) in [5.74, 6) is 2.56. The Morgan fingerprint density at radius 1 is 1.20 bits per heavy atom. The van der Waals surface area contributed by atoms with Gasteiger partial charge in [-0.15, -0.1) is 0 Å². The van der Waals surface area contributed by atoms with Gasteiger partial charge >= 0.3 is 0 Å². The van der Waals surface area contributed by atoms with E-state index in [9.17, 15) is 4.79 Å². The summed E-state index contributed by atoms with van der Waals surface area (Å²) in [6.07, 6.45) is 0. The second-order valence-corrected chi connectivity index (χ2v) is 5.23. The molecule has 1 aromatic heterocycles. The molecule has 112 valence electrons. The molecule has 0 aliphatic rings. The number of amides is 1. The fraction of sp³-hybridized carbons (Fsp3) is 0.643. The van der Waals surface area contributed by atoms with E-state index < -0.39 is 0 Å². The van der Waals surface area contributed by atoms with Crippen molar-refractivity contribution in [3.8, 4) is 0 Å². The van der Waals surface area contributed by atoms with Gasteiger partial charge in [0.15, 0.2) is 0 Å². The monoisotopic (exact) mass is 279 g/mol. The van der Waals surface area contributed by atoms with Gasteiger partial charge in [-0.1, -0.05) is 13.8 Å². The molecule has 2 N–H and O–H groups in total. The molecule has 0 spiro atoms. The van der Waals surface area contributed by atoms with Crippen LogP contribution < -0.4 is 10.6 Å². The Morgan fingerprint density at radius 2 is 1.75 bits per heavy atom. The number of carbonyl (C=O) groups is 1. The maximum absolute atomic E-state index is 11.7. The fourth-order valence-electron chi connectivity index (χ4n) is 1.62. The SMILES string of the molecule is CCNc1nc(C(C)C)nc(NCC(=O)N(C)C)c1C. The first-order valence-corrected chi connectivity index (χ1v) is 6.93. The Balaban J connectivity index is 3.01. The molecular formula is C14H25N5O. The summed E-state index contributed by atoms with van der Waals surface area (Å²) in [5, 5.41) is 6.34. The minimum atomic E-state index is 0.0131. The van der Waals surface area contributed by atoms with Crippen LogP contribution in [0.5, 0.6) is 0 Å². The highest BCUT2D eigenvalue weighted by Gasteiger charge is 2.13. The number of rotatable bonds is 6. The van der Waals surface area contributed by atoms with Gasteiger partial charge in [0.05, 0.1) is 6.54 Å². The molecule has 0 aromatic carbocycles. The highest BCUT2D eigenvalue weighted by Crippen LogP contribution is 2.22. The van der Waals surface area contributed by atoms with E-state index in [-0.39, 0.29) is 18.4 Å². The van der Waals surface area contributed by atoms with Crippen molar-refractivity contribution in [3.05, 3.63) is 11.4 Å². The first-order valence-electron chi connectivity index (χ1n) is 6.93. The molecule has 0 unspecified atom stereocenters. The van der Waals surface area contributed by atoms with Crippen LogP contribution in [0.2, 0.25) is 0 Å². The lowest BCUT2D eigenvalue weighted by atomic mass is 10.2. The summed E-state index contributed by atoms with van der Waals surface area (Å²) in [6.45, 7) is 9.10. The zero-order valence-electron chi connectivity index (χ0n) is 13.2. The average Bonchev–Trinajstić information content (AvgIpc) is 2.39. The maximum Gasteiger partial charge on any atom is 0.241 e. The molecule has 0 aliphatic carbocycles. The topological polar surface area (TPSA) is 70.1 Å². The van der Waals surface area contributed by atoms with E-state index in [4.69, 9.17) is 0 Å². The molecular weight excluding hydrogens is 254 g/mol. The predicted octanol–water partition coefficient (Wildman–Crippen LogP) is 1.84. The highest BCUT2D eigenvalue weighted by atomic mass is 16.2. The van der Waals surface area contributed by atoms with Crippen molar-refractivity contribution in [2.75, 3.05) is 37.8 Å². The molecule has 0 aliphatic heterocycles. The fourth-order valence-corrected chi connectivity index (χ4v) is 1.62. The molecule has 0 atom stereocenters. The predicted molar refractivity (Wildman–Crippen MR) is 82.2 cm³/mol. The highest BCUT2D eigenvalue weighted by molar-refractivity contribution is 5.80. The van der Waals surface area contributed by atoms with E-state index in [1.54, 1.807) is 19.0 Å². The molecule has 1 heterocycles. The Hall–Kier alpha value is -1.85. The summed E-state index contributed by atoms with van der Waals surface area (Å²) >= 11 is 0. The number of anilines is 2. The van der Waals surface area contributed by atoms with Gasteiger partial charge in [0.2, 0.25) is 5.91 Å². The smallest absolute Gasteiger partial charge is 0.241 e. The molecule has 20 heavy (non-hydrogen) atoms. The molecule has 1 rings (SSSR count). The summed E-state index contributed by atoms with van der Waals surface area (Å²) < 4.78 is 0. The zero-order valence-corrected chi connectivity index (χ0v) is 13.2. The lowest BCUT2D eigenvalue weighted by Gasteiger charge is -2.17. The number of carbonyl (C=O) groups excluding carboxylic acids is 1. The Kier molecular flexibility index (Phi) is 5.73. The van der Waals surface area contributed by atoms with Crippen LogP contribution in [0.3, 0.4) is 0 Å². The molecule has 0 saturated heterocycles. The molecule has 0 radical (unpaired) electrons. The number of nitrogens with one attached hydrogen (secondary N) is 2. The Labute approximate surface area is 121 Å². The van der Waals surface area contributed by atoms with Gasteiger partial charge in [0.25, 0.3) is 0 Å². The molecule has 0 fully saturated rings. The summed E-state index contributed by atoms with van der Waals surface area (Å²) in [6, 6.07) is 0. The number of aromatic nitrogens is 2. The maximum atomic E-state index is 11.7. The lowest BCUT2D eigenvalue weighted by molar-refractivity contribution is -0.126. The first kappa shape index (κ1) is 16.2. The third kappa shape index (κ3) is 4.08. The van der Waals surface area contributed by atoms with Crippen LogP contribution in [0.4, 0.5) is 11.6 Å². The molecule has 6 heteroatoms. The van der Waals surface area contributed by atoms with Gasteiger partial charge in [-0.2, -0.15) is 0 Å². The molecule has 6 nitrogen and oxygen atoms in total. The van der Waals surface area contributed by atoms with Crippen molar-refractivity contribution in [2.24, 2.45) is 0 Å². The Morgan fingerprint density at radius 3 is 2.20 bits per heavy atom. The van der Waals surface area contributed by atoms with Crippen molar-refractivity contribution in [1.29, 1.82) is 0 Å². The van der Waals surface area contributed by atoms with Crippen LogP contribution in [-0.4, -0.2) is 48.0 Å². The zero-order chi connectivity index (χ0) is 15.3. The number of hydrogen-bond acceptors (Lipinski definition) is 5. The number of hydrogen-bond donors (Lipinski definition) is 2. The van der Waals surface area contributed by atoms with Gasteiger partial charge in [-0.05, 0) is 13.8 Å². The van der Waals surface area contributed by atoms with Gasteiger partial charge in [0, 0.05) is 32.1 Å². The summed E-state index contributed by atoms with van der Waals surface area (Å²) in [7, 11) is 3.47. The minimum Gasteiger partial charge on any atom is -0.370 e. The number of likely N-dealkylation sites (N-methyl/N-ethyl adjacent to an activating group) is 1. The van der Waals surface area contributed by atoms with E-state index in [2.05, 4.69) is 34.4 Å². The van der Waals surface area contributed by atoms with Crippen LogP contribution in [0.25, 0.3) is 0 Å². The molecule has 1 amide bonds. The van der Waals surface area contributed by atoms with E-state index in [1.807, 2.05) is 13.8 Å². The second kappa shape index (κ2) is 7.07. The lowest BCUT2D eigenvalue weighted by Crippen LogP contribution is -2.29. The van der Waals surface area contributed by atoms with Crippen molar-refractivity contribution in [1.82, 2.24) is 14.9 Å². The normalized spacial score (nSPS) is 10.6. The third-order valence-corrected chi connectivity index (χ3v) is 2.93. The van der Waals surface area contributed by atoms with Gasteiger partial charge < -0.3 is 15.5 Å². The molecule has 1 aromatic rings. The van der Waals surface area contributed by atoms with Crippen LogP contribution >= 0.6 is 0 Å². The largest absolute Gasteiger partial charge is 0.370 e. The summed E-state index contributed by atoms with van der Waals surface area (Å²) in [4.78, 5) is 22.3. The van der Waals surface area contributed by atoms with Crippen molar-refractivity contribution >= 4 is 17.5 Å². The minimum absolute atomic E-state index is 0.0131. The van der Waals surface area contributed by atoms with Crippen molar-refractivity contribution < 1.29 is 4.79 Å². The van der Waals surface area contributed by atoms with E-state index in [0.29, 0.717) is 0 Å². The van der Waals surface area contributed by atoms with Crippen LogP contribution in [0, 0.1) is 6.92 Å².